The summed E-state index contributed by atoms with van der Waals surface area (Å²) in [7, 11) is 0. The molecule has 0 saturated heterocycles. The van der Waals surface area contributed by atoms with Crippen LogP contribution in [0.4, 0.5) is 0 Å². The third-order valence-corrected chi connectivity index (χ3v) is 1.75. The summed E-state index contributed by atoms with van der Waals surface area (Å²) in [6.07, 6.45) is 1.28. The summed E-state index contributed by atoms with van der Waals surface area (Å²) < 4.78 is 0.356. The molecule has 0 radical (unpaired) electrons. The van der Waals surface area contributed by atoms with Crippen LogP contribution in [0.25, 0.3) is 0 Å². The van der Waals surface area contributed by atoms with Gasteiger partial charge in [-0.25, -0.2) is 4.98 Å². The zero-order valence-electron chi connectivity index (χ0n) is 5.13. The van der Waals surface area contributed by atoms with Gasteiger partial charge in [0.15, 0.2) is 0 Å². The first-order valence-corrected chi connectivity index (χ1v) is 3.22. The minimum absolute atomic E-state index is 0. The fourth-order valence-electron chi connectivity index (χ4n) is 0.349. The second kappa shape index (κ2) is 3.99. The molecular weight excluding hydrogens is 169 g/mol. The number of aromatic nitrogens is 1. The third-order valence-electron chi connectivity index (χ3n) is 0.652. The van der Waals surface area contributed by atoms with Gasteiger partial charge in [0.25, 0.3) is 0 Å². The number of carbonyl (C=O) groups is 1. The molecule has 10 heavy (non-hydrogen) atoms. The van der Waals surface area contributed by atoms with Gasteiger partial charge in [-0.1, -0.05) is 11.6 Å². The Morgan fingerprint density at radius 3 is 2.60 bits per heavy atom. The third kappa shape index (κ3) is 2.31. The van der Waals surface area contributed by atoms with Crippen molar-refractivity contribution < 1.29 is 28.8 Å². The SMILES string of the molecule is O=C([O-])c1ncc(Cl)s1.[Li+]. The smallest absolute Gasteiger partial charge is 0.542 e. The Morgan fingerprint density at radius 1 is 1.80 bits per heavy atom. The first-order chi connectivity index (χ1) is 4.20. The summed E-state index contributed by atoms with van der Waals surface area (Å²) in [6.45, 7) is 0. The number of halogens is 1. The van der Waals surface area contributed by atoms with Crippen LogP contribution in [-0.4, -0.2) is 11.0 Å². The molecule has 3 nitrogen and oxygen atoms in total. The molecule has 0 aliphatic heterocycles. The number of carbonyl (C=O) groups excluding carboxylic acids is 1. The van der Waals surface area contributed by atoms with E-state index in [4.69, 9.17) is 11.6 Å². The van der Waals surface area contributed by atoms with Gasteiger partial charge in [0, 0.05) is 0 Å². The average molecular weight is 170 g/mol. The number of thiazole rings is 1. The number of hydrogen-bond acceptors (Lipinski definition) is 4. The van der Waals surface area contributed by atoms with Crippen molar-refractivity contribution in [3.8, 4) is 0 Å². The van der Waals surface area contributed by atoms with Gasteiger partial charge >= 0.3 is 18.9 Å². The second-order valence-corrected chi connectivity index (χ2v) is 2.92. The summed E-state index contributed by atoms with van der Waals surface area (Å²) in [5.41, 5.74) is 0. The van der Waals surface area contributed by atoms with Gasteiger partial charge < -0.3 is 9.90 Å². The summed E-state index contributed by atoms with van der Waals surface area (Å²) >= 11 is 6.26. The van der Waals surface area contributed by atoms with Crippen molar-refractivity contribution in [2.45, 2.75) is 0 Å². The summed E-state index contributed by atoms with van der Waals surface area (Å²) in [5.74, 6) is -1.29. The van der Waals surface area contributed by atoms with E-state index in [0.29, 0.717) is 4.34 Å². The number of nitrogens with zero attached hydrogens (tertiary/aromatic N) is 1. The van der Waals surface area contributed by atoms with E-state index in [0.717, 1.165) is 11.3 Å². The summed E-state index contributed by atoms with van der Waals surface area (Å²) in [6, 6.07) is 0. The van der Waals surface area contributed by atoms with Crippen molar-refractivity contribution in [1.29, 1.82) is 0 Å². The van der Waals surface area contributed by atoms with Crippen molar-refractivity contribution in [3.05, 3.63) is 15.5 Å². The maximum Gasteiger partial charge on any atom is 1.00 e. The molecule has 0 N–H and O–H groups in total. The zero-order valence-corrected chi connectivity index (χ0v) is 6.70. The molecule has 0 fully saturated rings. The van der Waals surface area contributed by atoms with E-state index in [2.05, 4.69) is 4.98 Å². The van der Waals surface area contributed by atoms with Gasteiger partial charge in [-0.15, -0.1) is 11.3 Å². The average Bonchev–Trinajstić information content (AvgIpc) is 2.14. The first-order valence-electron chi connectivity index (χ1n) is 2.03. The molecule has 0 amide bonds. The Labute approximate surface area is 78.2 Å². The molecule has 0 atom stereocenters. The van der Waals surface area contributed by atoms with Crippen molar-refractivity contribution >= 4 is 28.9 Å². The number of carboxylic acids is 1. The van der Waals surface area contributed by atoms with Crippen LogP contribution >= 0.6 is 22.9 Å². The Hall–Kier alpha value is -0.0126. The quantitative estimate of drug-likeness (QED) is 0.426. The van der Waals surface area contributed by atoms with Gasteiger partial charge in [0.2, 0.25) is 0 Å². The van der Waals surface area contributed by atoms with E-state index in [1.54, 1.807) is 0 Å². The van der Waals surface area contributed by atoms with Crippen molar-refractivity contribution in [3.63, 3.8) is 0 Å². The van der Waals surface area contributed by atoms with Crippen LogP contribution < -0.4 is 24.0 Å². The molecule has 1 aromatic rings. The molecule has 0 aliphatic rings. The number of aromatic carboxylic acids is 1. The van der Waals surface area contributed by atoms with E-state index >= 15 is 0 Å². The minimum atomic E-state index is -1.29. The topological polar surface area (TPSA) is 53.0 Å². The van der Waals surface area contributed by atoms with Crippen molar-refractivity contribution in [1.82, 2.24) is 4.98 Å². The van der Waals surface area contributed by atoms with Gasteiger partial charge in [-0.2, -0.15) is 0 Å². The first kappa shape index (κ1) is 9.99. The molecule has 1 aromatic heterocycles. The molecule has 0 spiro atoms. The van der Waals surface area contributed by atoms with Crippen LogP contribution in [0.1, 0.15) is 9.80 Å². The molecule has 1 rings (SSSR count). The molecule has 0 bridgehead atoms. The molecule has 48 valence electrons. The maximum atomic E-state index is 9.99. The Morgan fingerprint density at radius 2 is 2.40 bits per heavy atom. The fourth-order valence-corrected chi connectivity index (χ4v) is 1.10. The maximum absolute atomic E-state index is 9.99. The normalized spacial score (nSPS) is 8.50. The summed E-state index contributed by atoms with van der Waals surface area (Å²) in [4.78, 5) is 13.4. The second-order valence-electron chi connectivity index (χ2n) is 1.26. The van der Waals surface area contributed by atoms with E-state index in [1.165, 1.54) is 6.20 Å². The van der Waals surface area contributed by atoms with Crippen LogP contribution in [0.15, 0.2) is 6.20 Å². The predicted octanol–water partition coefficient (Wildman–Crippen LogP) is -2.84. The Bertz CT molecular complexity index is 239. The van der Waals surface area contributed by atoms with Crippen LogP contribution in [0.3, 0.4) is 0 Å². The number of carboxylic acid groups (broad SMARTS) is 1. The van der Waals surface area contributed by atoms with Gasteiger partial charge in [0.1, 0.15) is 15.3 Å². The number of hydrogen-bond donors (Lipinski definition) is 0. The fraction of sp³-hybridized carbons (Fsp3) is 0. The monoisotopic (exact) mass is 169 g/mol. The number of rotatable bonds is 1. The molecule has 0 saturated carbocycles. The van der Waals surface area contributed by atoms with E-state index in [-0.39, 0.29) is 23.9 Å². The predicted molar refractivity (Wildman–Crippen MR) is 31.5 cm³/mol. The van der Waals surface area contributed by atoms with Gasteiger partial charge in [-0.3, -0.25) is 0 Å². The summed E-state index contributed by atoms with van der Waals surface area (Å²) in [5, 5.41) is 9.91. The van der Waals surface area contributed by atoms with Crippen LogP contribution in [0, 0.1) is 0 Å². The van der Waals surface area contributed by atoms with E-state index < -0.39 is 5.97 Å². The standard InChI is InChI=1S/C4H2ClNO2S.Li/c5-2-1-6-3(9-2)4(7)8;/h1H,(H,7,8);/q;+1/p-1. The van der Waals surface area contributed by atoms with E-state index in [1.807, 2.05) is 0 Å². The molecular formula is C4HClLiNO2S. The molecule has 0 unspecified atom stereocenters. The van der Waals surface area contributed by atoms with Crippen LogP contribution in [0.5, 0.6) is 0 Å². The minimum Gasteiger partial charge on any atom is -0.542 e. The van der Waals surface area contributed by atoms with Crippen molar-refractivity contribution in [2.24, 2.45) is 0 Å². The largest absolute Gasteiger partial charge is 1.00 e. The van der Waals surface area contributed by atoms with Gasteiger partial charge in [-0.05, 0) is 0 Å². The Kier molecular flexibility index (Phi) is 3.99. The molecule has 6 heteroatoms. The molecule has 1 heterocycles. The van der Waals surface area contributed by atoms with Gasteiger partial charge in [0.05, 0.1) is 6.20 Å². The van der Waals surface area contributed by atoms with Crippen molar-refractivity contribution in [2.75, 3.05) is 0 Å². The Balaban J connectivity index is 0.000000810. The van der Waals surface area contributed by atoms with Crippen LogP contribution in [0.2, 0.25) is 4.34 Å². The molecule has 0 aromatic carbocycles. The zero-order chi connectivity index (χ0) is 6.85. The molecule has 0 aliphatic carbocycles. The van der Waals surface area contributed by atoms with E-state index in [9.17, 15) is 9.90 Å². The van der Waals surface area contributed by atoms with Crippen LogP contribution in [-0.2, 0) is 0 Å².